The molecular weight excluding hydrogens is 388 g/mol. The van der Waals surface area contributed by atoms with Gasteiger partial charge in [0.1, 0.15) is 18.0 Å². The van der Waals surface area contributed by atoms with Crippen molar-refractivity contribution >= 4 is 11.6 Å². The number of aryl methyl sites for hydroxylation is 2. The van der Waals surface area contributed by atoms with Crippen molar-refractivity contribution in [2.24, 2.45) is 0 Å². The molecule has 0 bridgehead atoms. The molecule has 2 atom stereocenters. The summed E-state index contributed by atoms with van der Waals surface area (Å²) in [5, 5.41) is 3.15. The number of ether oxygens (including phenoxy) is 2. The summed E-state index contributed by atoms with van der Waals surface area (Å²) >= 11 is 0. The Morgan fingerprint density at radius 2 is 1.71 bits per heavy atom. The number of nitrogens with one attached hydrogen (secondary N) is 2. The lowest BCUT2D eigenvalue weighted by atomic mass is 10.0. The molecule has 0 aliphatic rings. The van der Waals surface area contributed by atoms with Gasteiger partial charge >= 0.3 is 0 Å². The van der Waals surface area contributed by atoms with E-state index in [0.717, 1.165) is 44.3 Å². The van der Waals surface area contributed by atoms with Gasteiger partial charge in [-0.05, 0) is 43.2 Å². The molecule has 0 heterocycles. The van der Waals surface area contributed by atoms with Crippen molar-refractivity contribution in [2.45, 2.75) is 26.4 Å². The predicted molar refractivity (Wildman–Crippen MR) is 124 cm³/mol. The Balaban J connectivity index is 1.90. The molecule has 1 amide bonds. The second-order valence-corrected chi connectivity index (χ2v) is 7.85. The molecule has 3 aromatic rings. The smallest absolute Gasteiger partial charge is 0.287 e. The largest absolute Gasteiger partial charge is 0.497 e. The van der Waals surface area contributed by atoms with E-state index in [1.807, 2.05) is 87.6 Å². The fourth-order valence-corrected chi connectivity index (χ4v) is 3.78. The summed E-state index contributed by atoms with van der Waals surface area (Å²) in [6.45, 7) is 4.65. The van der Waals surface area contributed by atoms with Gasteiger partial charge in [-0.15, -0.1) is 0 Å². The molecule has 0 fully saturated rings. The Kier molecular flexibility index (Phi) is 7.32. The first kappa shape index (κ1) is 22.4. The van der Waals surface area contributed by atoms with Crippen molar-refractivity contribution < 1.29 is 19.2 Å². The summed E-state index contributed by atoms with van der Waals surface area (Å²) in [6, 6.07) is 21.4. The van der Waals surface area contributed by atoms with Crippen LogP contribution in [0.3, 0.4) is 0 Å². The Bertz CT molecular complexity index is 1030. The van der Waals surface area contributed by atoms with Crippen LogP contribution in [0.25, 0.3) is 0 Å². The number of quaternary nitrogens is 1. The van der Waals surface area contributed by atoms with Crippen LogP contribution in [0.15, 0.2) is 66.7 Å². The van der Waals surface area contributed by atoms with Gasteiger partial charge in [-0.1, -0.05) is 42.5 Å². The number of rotatable bonds is 8. The Hall–Kier alpha value is -3.31. The minimum Gasteiger partial charge on any atom is -0.497 e. The first-order valence-corrected chi connectivity index (χ1v) is 10.4. The maximum Gasteiger partial charge on any atom is 0.287 e. The molecule has 5 heteroatoms. The number of hydrogen-bond acceptors (Lipinski definition) is 3. The number of hydrogen-bond donors (Lipinski definition) is 2. The van der Waals surface area contributed by atoms with Crippen LogP contribution in [0.1, 0.15) is 28.3 Å². The topological polar surface area (TPSA) is 52.0 Å². The summed E-state index contributed by atoms with van der Waals surface area (Å²) in [5.74, 6) is 1.45. The Morgan fingerprint density at radius 1 is 0.968 bits per heavy atom. The van der Waals surface area contributed by atoms with E-state index in [9.17, 15) is 4.79 Å². The van der Waals surface area contributed by atoms with Gasteiger partial charge in [0.25, 0.3) is 5.91 Å². The number of methoxy groups -OCH3 is 2. The van der Waals surface area contributed by atoms with Gasteiger partial charge in [-0.3, -0.25) is 4.79 Å². The van der Waals surface area contributed by atoms with E-state index in [0.29, 0.717) is 6.54 Å². The summed E-state index contributed by atoms with van der Waals surface area (Å²) in [7, 11) is 5.31. The third-order valence-corrected chi connectivity index (χ3v) is 5.50. The van der Waals surface area contributed by atoms with Crippen LogP contribution in [0, 0.1) is 13.8 Å². The van der Waals surface area contributed by atoms with Crippen molar-refractivity contribution in [1.29, 1.82) is 0 Å². The van der Waals surface area contributed by atoms with Crippen LogP contribution in [-0.2, 0) is 11.3 Å². The standard InChI is InChI=1S/C26H30N2O3/c1-18-11-12-19(2)23(15-18)27-26(29)25(20-9-7-6-8-10-20)28(3)17-21-13-14-22(30-4)16-24(21)31-5/h6-16,25H,17H2,1-5H3,(H,27,29)/p+1/t25-/m1/s1. The van der Waals surface area contributed by atoms with E-state index in [1.165, 1.54) is 0 Å². The number of carbonyl (C=O) groups excluding carboxylic acids is 1. The van der Waals surface area contributed by atoms with Crippen molar-refractivity contribution in [3.8, 4) is 11.5 Å². The van der Waals surface area contributed by atoms with Gasteiger partial charge in [-0.2, -0.15) is 0 Å². The second-order valence-electron chi connectivity index (χ2n) is 7.85. The third kappa shape index (κ3) is 5.44. The molecule has 2 N–H and O–H groups in total. The van der Waals surface area contributed by atoms with E-state index in [1.54, 1.807) is 14.2 Å². The van der Waals surface area contributed by atoms with E-state index >= 15 is 0 Å². The van der Waals surface area contributed by atoms with Crippen LogP contribution in [0.2, 0.25) is 0 Å². The quantitative estimate of drug-likeness (QED) is 0.585. The van der Waals surface area contributed by atoms with Gasteiger partial charge in [0.2, 0.25) is 0 Å². The van der Waals surface area contributed by atoms with Gasteiger partial charge in [0.05, 0.1) is 21.3 Å². The van der Waals surface area contributed by atoms with Crippen LogP contribution in [-0.4, -0.2) is 27.2 Å². The zero-order chi connectivity index (χ0) is 22.4. The average molecular weight is 420 g/mol. The molecule has 31 heavy (non-hydrogen) atoms. The second kappa shape index (κ2) is 10.1. The Morgan fingerprint density at radius 3 is 2.39 bits per heavy atom. The fourth-order valence-electron chi connectivity index (χ4n) is 3.78. The van der Waals surface area contributed by atoms with E-state index in [2.05, 4.69) is 5.32 Å². The molecule has 3 aromatic carbocycles. The molecule has 1 unspecified atom stereocenters. The molecular formula is C26H31N2O3+. The zero-order valence-electron chi connectivity index (χ0n) is 18.9. The molecule has 0 aliphatic carbocycles. The summed E-state index contributed by atoms with van der Waals surface area (Å²) in [6.07, 6.45) is 0. The number of amides is 1. The summed E-state index contributed by atoms with van der Waals surface area (Å²) < 4.78 is 10.9. The lowest BCUT2D eigenvalue weighted by Crippen LogP contribution is -3.09. The summed E-state index contributed by atoms with van der Waals surface area (Å²) in [4.78, 5) is 14.5. The number of benzene rings is 3. The number of carbonyl (C=O) groups is 1. The lowest BCUT2D eigenvalue weighted by Gasteiger charge is -2.26. The minimum atomic E-state index is -0.382. The molecule has 5 nitrogen and oxygen atoms in total. The molecule has 0 saturated heterocycles. The minimum absolute atomic E-state index is 0.0371. The van der Waals surface area contributed by atoms with Crippen molar-refractivity contribution in [2.75, 3.05) is 26.6 Å². The molecule has 0 aliphatic heterocycles. The summed E-state index contributed by atoms with van der Waals surface area (Å²) in [5.41, 5.74) is 4.98. The van der Waals surface area contributed by atoms with Crippen molar-refractivity contribution in [1.82, 2.24) is 0 Å². The van der Waals surface area contributed by atoms with Crippen LogP contribution < -0.4 is 19.7 Å². The number of anilines is 1. The highest BCUT2D eigenvalue weighted by atomic mass is 16.5. The third-order valence-electron chi connectivity index (χ3n) is 5.50. The fraction of sp³-hybridized carbons (Fsp3) is 0.269. The number of likely N-dealkylation sites (N-methyl/N-ethyl adjacent to an activating group) is 1. The Labute approximate surface area is 184 Å². The molecule has 0 spiro atoms. The molecule has 162 valence electrons. The van der Waals surface area contributed by atoms with Crippen LogP contribution in [0.4, 0.5) is 5.69 Å². The van der Waals surface area contributed by atoms with Crippen molar-refractivity contribution in [3.63, 3.8) is 0 Å². The van der Waals surface area contributed by atoms with E-state index in [-0.39, 0.29) is 11.9 Å². The molecule has 3 rings (SSSR count). The van der Waals surface area contributed by atoms with Crippen LogP contribution >= 0.6 is 0 Å². The van der Waals surface area contributed by atoms with E-state index < -0.39 is 0 Å². The average Bonchev–Trinajstić information content (AvgIpc) is 2.77. The molecule has 0 radical (unpaired) electrons. The van der Waals surface area contributed by atoms with Gasteiger partial charge in [-0.25, -0.2) is 0 Å². The van der Waals surface area contributed by atoms with Crippen molar-refractivity contribution in [3.05, 3.63) is 89.0 Å². The van der Waals surface area contributed by atoms with Gasteiger partial charge in [0.15, 0.2) is 6.04 Å². The highest BCUT2D eigenvalue weighted by Crippen LogP contribution is 2.25. The highest BCUT2D eigenvalue weighted by molar-refractivity contribution is 5.95. The predicted octanol–water partition coefficient (Wildman–Crippen LogP) is 3.72. The molecule has 0 aromatic heterocycles. The maximum absolute atomic E-state index is 13.5. The monoisotopic (exact) mass is 419 g/mol. The van der Waals surface area contributed by atoms with Gasteiger partial charge in [0, 0.05) is 22.9 Å². The normalized spacial score (nSPS) is 12.7. The lowest BCUT2D eigenvalue weighted by molar-refractivity contribution is -0.915. The SMILES string of the molecule is COc1ccc(C[NH+](C)[C@@H](C(=O)Nc2cc(C)ccc2C)c2ccccc2)c(OC)c1. The highest BCUT2D eigenvalue weighted by Gasteiger charge is 2.30. The first-order valence-electron chi connectivity index (χ1n) is 10.4. The maximum atomic E-state index is 13.5. The molecule has 0 saturated carbocycles. The van der Waals surface area contributed by atoms with Crippen LogP contribution in [0.5, 0.6) is 11.5 Å². The zero-order valence-corrected chi connectivity index (χ0v) is 18.9. The van der Waals surface area contributed by atoms with Gasteiger partial charge < -0.3 is 19.7 Å². The first-order chi connectivity index (χ1) is 14.9. The van der Waals surface area contributed by atoms with E-state index in [4.69, 9.17) is 9.47 Å².